The fraction of sp³-hybridized carbons (Fsp3) is 0.462. The minimum absolute atomic E-state index is 0.0670. The molecule has 20 heavy (non-hydrogen) atoms. The number of aromatic nitrogens is 1. The summed E-state index contributed by atoms with van der Waals surface area (Å²) in [4.78, 5) is 28.0. The van der Waals surface area contributed by atoms with Gasteiger partial charge >= 0.3 is 0 Å². The number of pyridine rings is 1. The summed E-state index contributed by atoms with van der Waals surface area (Å²) < 4.78 is 26.2. The summed E-state index contributed by atoms with van der Waals surface area (Å²) in [7, 11) is 0. The van der Waals surface area contributed by atoms with Crippen LogP contribution in [0.1, 0.15) is 30.6 Å². The average Bonchev–Trinajstić information content (AvgIpc) is 2.43. The molecule has 1 rings (SSSR count). The lowest BCUT2D eigenvalue weighted by Crippen LogP contribution is -2.34. The predicted molar refractivity (Wildman–Crippen MR) is 69.0 cm³/mol. The third-order valence-electron chi connectivity index (χ3n) is 2.83. The van der Waals surface area contributed by atoms with Gasteiger partial charge in [-0.1, -0.05) is 0 Å². The van der Waals surface area contributed by atoms with Crippen molar-refractivity contribution in [3.63, 3.8) is 0 Å². The van der Waals surface area contributed by atoms with Crippen molar-refractivity contribution in [2.75, 3.05) is 19.6 Å². The van der Waals surface area contributed by atoms with Crippen LogP contribution in [0, 0.1) is 11.8 Å². The highest BCUT2D eigenvalue weighted by molar-refractivity contribution is 5.94. The van der Waals surface area contributed by atoms with Gasteiger partial charge in [-0.3, -0.25) is 9.59 Å². The molecular weight excluding hydrogens is 268 g/mol. The van der Waals surface area contributed by atoms with E-state index in [1.165, 1.54) is 0 Å². The first-order valence-corrected chi connectivity index (χ1v) is 6.37. The van der Waals surface area contributed by atoms with E-state index in [4.69, 9.17) is 0 Å². The highest BCUT2D eigenvalue weighted by Gasteiger charge is 2.16. The van der Waals surface area contributed by atoms with Gasteiger partial charge < -0.3 is 10.2 Å². The molecule has 0 aromatic carbocycles. The third-order valence-corrected chi connectivity index (χ3v) is 2.83. The van der Waals surface area contributed by atoms with E-state index >= 15 is 0 Å². The average molecular weight is 285 g/mol. The van der Waals surface area contributed by atoms with Gasteiger partial charge in [0.1, 0.15) is 0 Å². The van der Waals surface area contributed by atoms with E-state index < -0.39 is 23.2 Å². The van der Waals surface area contributed by atoms with Gasteiger partial charge in [0.25, 0.3) is 5.91 Å². The maximum atomic E-state index is 13.3. The van der Waals surface area contributed by atoms with E-state index in [1.54, 1.807) is 4.90 Å². The highest BCUT2D eigenvalue weighted by atomic mass is 19.2. The van der Waals surface area contributed by atoms with Crippen molar-refractivity contribution in [1.82, 2.24) is 15.2 Å². The van der Waals surface area contributed by atoms with Crippen LogP contribution >= 0.6 is 0 Å². The van der Waals surface area contributed by atoms with Gasteiger partial charge in [0.15, 0.2) is 5.82 Å². The van der Waals surface area contributed by atoms with Crippen molar-refractivity contribution >= 4 is 11.8 Å². The Morgan fingerprint density at radius 3 is 2.55 bits per heavy atom. The van der Waals surface area contributed by atoms with Crippen LogP contribution in [0.15, 0.2) is 12.3 Å². The maximum Gasteiger partial charge on any atom is 0.254 e. The summed E-state index contributed by atoms with van der Waals surface area (Å²) in [6.45, 7) is 4.96. The second kappa shape index (κ2) is 7.52. The second-order valence-electron chi connectivity index (χ2n) is 4.04. The SMILES string of the molecule is CCN(CC)C(=O)CCNC(=O)c1ccnc(F)c1F. The number of nitrogens with zero attached hydrogens (tertiary/aromatic N) is 2. The van der Waals surface area contributed by atoms with E-state index in [2.05, 4.69) is 10.3 Å². The Morgan fingerprint density at radius 1 is 1.30 bits per heavy atom. The molecule has 0 aliphatic rings. The standard InChI is InChI=1S/C13H17F2N3O2/c1-3-18(4-2)10(19)6-8-17-13(20)9-5-7-16-12(15)11(9)14/h5,7H,3-4,6,8H2,1-2H3,(H,17,20). The van der Waals surface area contributed by atoms with Crippen LogP contribution in [0.3, 0.4) is 0 Å². The number of nitrogens with one attached hydrogen (secondary N) is 1. The summed E-state index contributed by atoms with van der Waals surface area (Å²) in [6, 6.07) is 1.08. The number of rotatable bonds is 6. The van der Waals surface area contributed by atoms with E-state index in [1.807, 2.05) is 13.8 Å². The first-order valence-electron chi connectivity index (χ1n) is 6.37. The number of hydrogen-bond acceptors (Lipinski definition) is 3. The van der Waals surface area contributed by atoms with Gasteiger partial charge in [-0.2, -0.15) is 4.39 Å². The number of carbonyl (C=O) groups is 2. The summed E-state index contributed by atoms with van der Waals surface area (Å²) in [5, 5.41) is 2.38. The van der Waals surface area contributed by atoms with Crippen molar-refractivity contribution in [2.45, 2.75) is 20.3 Å². The molecule has 0 aliphatic carbocycles. The van der Waals surface area contributed by atoms with Gasteiger partial charge in [0.2, 0.25) is 11.9 Å². The largest absolute Gasteiger partial charge is 0.351 e. The lowest BCUT2D eigenvalue weighted by atomic mass is 10.2. The smallest absolute Gasteiger partial charge is 0.254 e. The Balaban J connectivity index is 2.52. The van der Waals surface area contributed by atoms with Crippen LogP contribution in [-0.4, -0.2) is 41.3 Å². The Morgan fingerprint density at radius 2 is 1.95 bits per heavy atom. The van der Waals surface area contributed by atoms with Gasteiger partial charge in [-0.25, -0.2) is 9.37 Å². The molecule has 1 heterocycles. The number of amides is 2. The molecule has 110 valence electrons. The molecule has 0 atom stereocenters. The first kappa shape index (κ1) is 16.0. The van der Waals surface area contributed by atoms with Crippen molar-refractivity contribution in [2.24, 2.45) is 0 Å². The van der Waals surface area contributed by atoms with Crippen molar-refractivity contribution in [3.05, 3.63) is 29.6 Å². The normalized spacial score (nSPS) is 10.2. The molecule has 0 saturated carbocycles. The Bertz CT molecular complexity index is 491. The topological polar surface area (TPSA) is 62.3 Å². The van der Waals surface area contributed by atoms with Gasteiger partial charge in [-0.15, -0.1) is 0 Å². The molecule has 0 bridgehead atoms. The number of hydrogen-bond donors (Lipinski definition) is 1. The fourth-order valence-corrected chi connectivity index (χ4v) is 1.71. The molecule has 1 aromatic rings. The highest BCUT2D eigenvalue weighted by Crippen LogP contribution is 2.08. The zero-order valence-electron chi connectivity index (χ0n) is 11.4. The van der Waals surface area contributed by atoms with Crippen LogP contribution in [0.5, 0.6) is 0 Å². The van der Waals surface area contributed by atoms with Gasteiger partial charge in [0, 0.05) is 32.3 Å². The van der Waals surface area contributed by atoms with Crippen molar-refractivity contribution in [1.29, 1.82) is 0 Å². The molecule has 0 spiro atoms. The zero-order chi connectivity index (χ0) is 15.1. The predicted octanol–water partition coefficient (Wildman–Crippen LogP) is 1.35. The minimum Gasteiger partial charge on any atom is -0.351 e. The lowest BCUT2D eigenvalue weighted by Gasteiger charge is -2.18. The van der Waals surface area contributed by atoms with Crippen molar-refractivity contribution in [3.8, 4) is 0 Å². The van der Waals surface area contributed by atoms with Crippen LogP contribution in [0.25, 0.3) is 0 Å². The first-order chi connectivity index (χ1) is 9.51. The summed E-state index contributed by atoms with van der Waals surface area (Å²) >= 11 is 0. The molecule has 1 aromatic heterocycles. The van der Waals surface area contributed by atoms with E-state index in [9.17, 15) is 18.4 Å². The second-order valence-corrected chi connectivity index (χ2v) is 4.04. The Kier molecular flexibility index (Phi) is 6.02. The monoisotopic (exact) mass is 285 g/mol. The molecule has 0 unspecified atom stereocenters. The number of carbonyl (C=O) groups excluding carboxylic acids is 2. The van der Waals surface area contributed by atoms with Gasteiger partial charge in [-0.05, 0) is 19.9 Å². The lowest BCUT2D eigenvalue weighted by molar-refractivity contribution is -0.130. The van der Waals surface area contributed by atoms with E-state index in [0.717, 1.165) is 12.3 Å². The summed E-state index contributed by atoms with van der Waals surface area (Å²) in [5.74, 6) is -3.48. The minimum atomic E-state index is -1.32. The summed E-state index contributed by atoms with van der Waals surface area (Å²) in [5.41, 5.74) is -0.423. The summed E-state index contributed by atoms with van der Waals surface area (Å²) in [6.07, 6.45) is 1.12. The van der Waals surface area contributed by atoms with Crippen LogP contribution < -0.4 is 5.32 Å². The molecular formula is C13H17F2N3O2. The fourth-order valence-electron chi connectivity index (χ4n) is 1.71. The molecule has 2 amide bonds. The molecule has 5 nitrogen and oxygen atoms in total. The third kappa shape index (κ3) is 3.97. The van der Waals surface area contributed by atoms with Gasteiger partial charge in [0.05, 0.1) is 5.56 Å². The molecule has 0 aliphatic heterocycles. The molecule has 0 saturated heterocycles. The van der Waals surface area contributed by atoms with Crippen LogP contribution in [-0.2, 0) is 4.79 Å². The number of halogens is 2. The molecule has 0 radical (unpaired) electrons. The molecule has 1 N–H and O–H groups in total. The van der Waals surface area contributed by atoms with E-state index in [-0.39, 0.29) is 18.9 Å². The molecule has 0 fully saturated rings. The van der Waals surface area contributed by atoms with Crippen LogP contribution in [0.4, 0.5) is 8.78 Å². The maximum absolute atomic E-state index is 13.3. The quantitative estimate of drug-likeness (QED) is 0.802. The zero-order valence-corrected chi connectivity index (χ0v) is 11.4. The van der Waals surface area contributed by atoms with Crippen molar-refractivity contribution < 1.29 is 18.4 Å². The van der Waals surface area contributed by atoms with E-state index in [0.29, 0.717) is 13.1 Å². The molecule has 7 heteroatoms. The Hall–Kier alpha value is -2.05. The van der Waals surface area contributed by atoms with Crippen LogP contribution in [0.2, 0.25) is 0 Å². The Labute approximate surface area is 116 Å².